The van der Waals surface area contributed by atoms with Crippen molar-refractivity contribution < 1.29 is 14.6 Å². The second-order valence-corrected chi connectivity index (χ2v) is 7.98. The van der Waals surface area contributed by atoms with E-state index in [-0.39, 0.29) is 11.9 Å². The first-order valence-electron chi connectivity index (χ1n) is 9.69. The Hall–Kier alpha value is -1.66. The predicted octanol–water partition coefficient (Wildman–Crippen LogP) is 2.38. The smallest absolute Gasteiger partial charge is 0.319 e. The lowest BCUT2D eigenvalue weighted by atomic mass is 9.83. The highest BCUT2D eigenvalue weighted by Gasteiger charge is 2.54. The Morgan fingerprint density at radius 2 is 2.12 bits per heavy atom. The van der Waals surface area contributed by atoms with E-state index in [4.69, 9.17) is 9.47 Å². The van der Waals surface area contributed by atoms with Crippen molar-refractivity contribution in [1.82, 2.24) is 14.9 Å². The maximum atomic E-state index is 11.6. The molecule has 0 bridgehead atoms. The molecule has 1 aromatic rings. The highest BCUT2D eigenvalue weighted by atomic mass is 16.5. The molecular weight excluding hydrogens is 330 g/mol. The molecular formula is C20H29N3O3. The van der Waals surface area contributed by atoms with Crippen LogP contribution in [0.4, 0.5) is 0 Å². The first-order valence-corrected chi connectivity index (χ1v) is 9.69. The fourth-order valence-corrected chi connectivity index (χ4v) is 5.16. The third kappa shape index (κ3) is 3.09. The summed E-state index contributed by atoms with van der Waals surface area (Å²) in [6.45, 7) is 3.17. The van der Waals surface area contributed by atoms with Crippen LogP contribution in [0.15, 0.2) is 18.3 Å². The molecule has 6 nitrogen and oxygen atoms in total. The van der Waals surface area contributed by atoms with Crippen molar-refractivity contribution in [3.63, 3.8) is 0 Å². The van der Waals surface area contributed by atoms with Crippen LogP contribution < -0.4 is 9.47 Å². The summed E-state index contributed by atoms with van der Waals surface area (Å²) in [7, 11) is 3.11. The SMILES string of the molecule is COc1ncc([C@]2(O)CC[C@H]3CN(CC4CC=CCC4)C[C@H]32)c(OC)n1. The van der Waals surface area contributed by atoms with Crippen molar-refractivity contribution in [2.24, 2.45) is 17.8 Å². The number of fused-ring (bicyclic) bond motifs is 1. The summed E-state index contributed by atoms with van der Waals surface area (Å²) in [5.74, 6) is 1.93. The largest absolute Gasteiger partial charge is 0.481 e. The summed E-state index contributed by atoms with van der Waals surface area (Å²) in [5.41, 5.74) is -0.209. The van der Waals surface area contributed by atoms with Gasteiger partial charge in [-0.25, -0.2) is 4.98 Å². The molecule has 1 aromatic heterocycles. The summed E-state index contributed by atoms with van der Waals surface area (Å²) in [6, 6.07) is 0.266. The molecule has 2 fully saturated rings. The van der Waals surface area contributed by atoms with E-state index in [9.17, 15) is 5.11 Å². The molecule has 4 atom stereocenters. The van der Waals surface area contributed by atoms with E-state index in [1.807, 2.05) is 0 Å². The minimum atomic E-state index is -0.913. The van der Waals surface area contributed by atoms with Gasteiger partial charge in [-0.1, -0.05) is 12.2 Å². The van der Waals surface area contributed by atoms with E-state index in [1.54, 1.807) is 13.3 Å². The fraction of sp³-hybridized carbons (Fsp3) is 0.700. The Balaban J connectivity index is 1.52. The van der Waals surface area contributed by atoms with Crippen LogP contribution >= 0.6 is 0 Å². The summed E-state index contributed by atoms with van der Waals surface area (Å²) in [4.78, 5) is 11.1. The van der Waals surface area contributed by atoms with E-state index < -0.39 is 5.60 Å². The number of aromatic nitrogens is 2. The molecule has 0 spiro atoms. The summed E-state index contributed by atoms with van der Waals surface area (Å²) in [6.07, 6.45) is 11.8. The van der Waals surface area contributed by atoms with Crippen LogP contribution in [0, 0.1) is 17.8 Å². The van der Waals surface area contributed by atoms with Gasteiger partial charge in [0, 0.05) is 31.7 Å². The van der Waals surface area contributed by atoms with Gasteiger partial charge in [-0.15, -0.1) is 0 Å². The summed E-state index contributed by atoms with van der Waals surface area (Å²) in [5, 5.41) is 11.6. The normalized spacial score (nSPS) is 34.0. The predicted molar refractivity (Wildman–Crippen MR) is 98.2 cm³/mol. The lowest BCUT2D eigenvalue weighted by Crippen LogP contribution is -2.36. The second-order valence-electron chi connectivity index (χ2n) is 7.98. The molecule has 1 saturated carbocycles. The van der Waals surface area contributed by atoms with Gasteiger partial charge in [0.15, 0.2) is 0 Å². The molecule has 0 radical (unpaired) electrons. The van der Waals surface area contributed by atoms with Crippen LogP contribution in [-0.4, -0.2) is 53.8 Å². The zero-order chi connectivity index (χ0) is 18.1. The maximum absolute atomic E-state index is 11.6. The Kier molecular flexibility index (Phi) is 4.88. The Morgan fingerprint density at radius 1 is 1.23 bits per heavy atom. The first-order chi connectivity index (χ1) is 12.6. The van der Waals surface area contributed by atoms with Crippen LogP contribution in [0.2, 0.25) is 0 Å². The number of allylic oxidation sites excluding steroid dienone is 2. The molecule has 3 aliphatic rings. The maximum Gasteiger partial charge on any atom is 0.319 e. The zero-order valence-corrected chi connectivity index (χ0v) is 15.7. The Morgan fingerprint density at radius 3 is 2.85 bits per heavy atom. The molecule has 26 heavy (non-hydrogen) atoms. The molecule has 1 N–H and O–H groups in total. The van der Waals surface area contributed by atoms with E-state index in [0.29, 0.717) is 17.4 Å². The van der Waals surface area contributed by atoms with Gasteiger partial charge in [-0.05, 0) is 43.9 Å². The highest BCUT2D eigenvalue weighted by Crippen LogP contribution is 2.52. The van der Waals surface area contributed by atoms with Gasteiger partial charge in [-0.3, -0.25) is 0 Å². The Labute approximate surface area is 155 Å². The van der Waals surface area contributed by atoms with Crippen molar-refractivity contribution in [1.29, 1.82) is 0 Å². The van der Waals surface area contributed by atoms with Crippen LogP contribution in [0.3, 0.4) is 0 Å². The van der Waals surface area contributed by atoms with Gasteiger partial charge in [0.05, 0.1) is 19.8 Å². The van der Waals surface area contributed by atoms with Crippen LogP contribution in [0.25, 0.3) is 0 Å². The molecule has 1 aliphatic heterocycles. The minimum absolute atomic E-state index is 0.215. The third-order valence-electron chi connectivity index (χ3n) is 6.49. The molecule has 2 heterocycles. The van der Waals surface area contributed by atoms with Crippen molar-refractivity contribution in [2.75, 3.05) is 33.9 Å². The van der Waals surface area contributed by atoms with Crippen molar-refractivity contribution in [3.8, 4) is 11.9 Å². The van der Waals surface area contributed by atoms with Crippen molar-refractivity contribution in [3.05, 3.63) is 23.9 Å². The topological polar surface area (TPSA) is 67.7 Å². The van der Waals surface area contributed by atoms with Crippen molar-refractivity contribution in [2.45, 2.75) is 37.7 Å². The number of aliphatic hydroxyl groups is 1. The van der Waals surface area contributed by atoms with Crippen LogP contribution in [0.5, 0.6) is 11.9 Å². The average molecular weight is 359 g/mol. The van der Waals surface area contributed by atoms with Crippen LogP contribution in [-0.2, 0) is 5.60 Å². The lowest BCUT2D eigenvalue weighted by molar-refractivity contribution is -0.00997. The standard InChI is InChI=1S/C20H29N3O3/c1-25-18-16(10-21-19(22-18)26-2)20(24)9-8-15-12-23(13-17(15)20)11-14-6-4-3-5-7-14/h3-4,10,14-15,17,24H,5-9,11-13H2,1-2H3/t14?,15-,17+,20+/m0/s1. The fourth-order valence-electron chi connectivity index (χ4n) is 5.16. The van der Waals surface area contributed by atoms with Gasteiger partial charge in [0.25, 0.3) is 0 Å². The van der Waals surface area contributed by atoms with Gasteiger partial charge >= 0.3 is 6.01 Å². The minimum Gasteiger partial charge on any atom is -0.481 e. The number of hydrogen-bond donors (Lipinski definition) is 1. The zero-order valence-electron chi connectivity index (χ0n) is 15.7. The van der Waals surface area contributed by atoms with Crippen molar-refractivity contribution >= 4 is 0 Å². The number of methoxy groups -OCH3 is 2. The average Bonchev–Trinajstić information content (AvgIpc) is 3.22. The summed E-state index contributed by atoms with van der Waals surface area (Å²) >= 11 is 0. The molecule has 1 saturated heterocycles. The second kappa shape index (κ2) is 7.16. The number of rotatable bonds is 5. The van der Waals surface area contributed by atoms with Gasteiger partial charge in [0.1, 0.15) is 5.60 Å². The first kappa shape index (κ1) is 17.7. The van der Waals surface area contributed by atoms with Gasteiger partial charge in [-0.2, -0.15) is 4.98 Å². The van der Waals surface area contributed by atoms with Crippen LogP contribution in [0.1, 0.15) is 37.7 Å². The number of hydrogen-bond acceptors (Lipinski definition) is 6. The monoisotopic (exact) mass is 359 g/mol. The molecule has 0 aromatic carbocycles. The highest BCUT2D eigenvalue weighted by molar-refractivity contribution is 5.34. The van der Waals surface area contributed by atoms with E-state index in [2.05, 4.69) is 27.0 Å². The van der Waals surface area contributed by atoms with E-state index in [0.717, 1.165) is 38.4 Å². The molecule has 4 rings (SSSR count). The quantitative estimate of drug-likeness (QED) is 0.814. The number of likely N-dealkylation sites (tertiary alicyclic amines) is 1. The lowest BCUT2D eigenvalue weighted by Gasteiger charge is -2.32. The molecule has 2 aliphatic carbocycles. The van der Waals surface area contributed by atoms with Gasteiger partial charge < -0.3 is 19.5 Å². The summed E-state index contributed by atoms with van der Waals surface area (Å²) < 4.78 is 10.5. The van der Waals surface area contributed by atoms with Gasteiger partial charge in [0.2, 0.25) is 5.88 Å². The Bertz CT molecular complexity index is 680. The molecule has 1 unspecified atom stereocenters. The molecule has 0 amide bonds. The molecule has 6 heteroatoms. The number of ether oxygens (including phenoxy) is 2. The third-order valence-corrected chi connectivity index (χ3v) is 6.49. The number of nitrogens with zero attached hydrogens (tertiary/aromatic N) is 3. The van der Waals surface area contributed by atoms with E-state index in [1.165, 1.54) is 26.4 Å². The van der Waals surface area contributed by atoms with E-state index >= 15 is 0 Å². The molecule has 142 valence electrons.